The van der Waals surface area contributed by atoms with Crippen molar-refractivity contribution in [1.82, 2.24) is 4.90 Å². The number of nitrogens with zero attached hydrogens (tertiary/aromatic N) is 2. The van der Waals surface area contributed by atoms with E-state index in [-0.39, 0.29) is 5.91 Å². The van der Waals surface area contributed by atoms with Crippen LogP contribution in [0.2, 0.25) is 0 Å². The lowest BCUT2D eigenvalue weighted by Crippen LogP contribution is -2.33. The van der Waals surface area contributed by atoms with Crippen LogP contribution in [0.25, 0.3) is 0 Å². The maximum absolute atomic E-state index is 11.9. The fourth-order valence-corrected chi connectivity index (χ4v) is 2.62. The van der Waals surface area contributed by atoms with Crippen molar-refractivity contribution in [1.29, 1.82) is 0 Å². The van der Waals surface area contributed by atoms with Crippen LogP contribution in [0.5, 0.6) is 0 Å². The number of hydrogen-bond donors (Lipinski definition) is 1. The van der Waals surface area contributed by atoms with Crippen molar-refractivity contribution in [2.24, 2.45) is 5.92 Å². The Bertz CT molecular complexity index is 481. The minimum Gasteiger partial charge on any atom is -0.397 e. The number of nitrogens with two attached hydrogens (primary N) is 1. The van der Waals surface area contributed by atoms with Gasteiger partial charge in [-0.3, -0.25) is 4.79 Å². The molecule has 0 aliphatic heterocycles. The van der Waals surface area contributed by atoms with E-state index in [2.05, 4.69) is 11.8 Å². The Labute approximate surface area is 121 Å². The molecule has 0 unspecified atom stereocenters. The second-order valence-corrected chi connectivity index (χ2v) is 5.81. The molecule has 2 N–H and O–H groups in total. The van der Waals surface area contributed by atoms with Crippen molar-refractivity contribution < 1.29 is 4.79 Å². The fourth-order valence-electron chi connectivity index (χ4n) is 2.62. The highest BCUT2D eigenvalue weighted by Crippen LogP contribution is 2.31. The van der Waals surface area contributed by atoms with Crippen LogP contribution in [0, 0.1) is 5.92 Å². The molecule has 0 aromatic heterocycles. The summed E-state index contributed by atoms with van der Waals surface area (Å²) in [6.07, 6.45) is 4.01. The molecule has 2 rings (SSSR count). The van der Waals surface area contributed by atoms with Gasteiger partial charge in [0.2, 0.25) is 0 Å². The second kappa shape index (κ2) is 6.16. The molecule has 0 radical (unpaired) electrons. The van der Waals surface area contributed by atoms with Gasteiger partial charge in [0, 0.05) is 32.7 Å². The number of carbonyl (C=O) groups excluding carboxylic acids is 1. The molecule has 4 nitrogen and oxygen atoms in total. The summed E-state index contributed by atoms with van der Waals surface area (Å²) in [6.45, 7) is 4.17. The lowest BCUT2D eigenvalue weighted by molar-refractivity contribution is 0.0827. The molecule has 20 heavy (non-hydrogen) atoms. The van der Waals surface area contributed by atoms with Gasteiger partial charge in [-0.15, -0.1) is 0 Å². The molecule has 1 saturated carbocycles. The van der Waals surface area contributed by atoms with Gasteiger partial charge in [0.1, 0.15) is 0 Å². The Hall–Kier alpha value is -1.71. The summed E-state index contributed by atoms with van der Waals surface area (Å²) in [5, 5.41) is 0. The van der Waals surface area contributed by atoms with Gasteiger partial charge in [0.05, 0.1) is 11.4 Å². The summed E-state index contributed by atoms with van der Waals surface area (Å²) in [4.78, 5) is 15.8. The number of amides is 1. The fraction of sp³-hybridized carbons (Fsp3) is 0.562. The Kier molecular flexibility index (Phi) is 4.53. The topological polar surface area (TPSA) is 49.6 Å². The van der Waals surface area contributed by atoms with Gasteiger partial charge in [-0.25, -0.2) is 0 Å². The summed E-state index contributed by atoms with van der Waals surface area (Å²) >= 11 is 0. The van der Waals surface area contributed by atoms with Gasteiger partial charge in [0.15, 0.2) is 0 Å². The molecule has 0 saturated heterocycles. The van der Waals surface area contributed by atoms with Gasteiger partial charge in [0.25, 0.3) is 5.91 Å². The summed E-state index contributed by atoms with van der Waals surface area (Å²) in [7, 11) is 3.50. The average Bonchev–Trinajstić information content (AvgIpc) is 2.37. The molecule has 1 amide bonds. The van der Waals surface area contributed by atoms with Crippen molar-refractivity contribution in [2.45, 2.75) is 26.2 Å². The zero-order chi connectivity index (χ0) is 14.7. The van der Waals surface area contributed by atoms with E-state index in [1.54, 1.807) is 25.1 Å². The van der Waals surface area contributed by atoms with Crippen molar-refractivity contribution in [3.05, 3.63) is 23.8 Å². The van der Waals surface area contributed by atoms with E-state index >= 15 is 0 Å². The van der Waals surface area contributed by atoms with Crippen LogP contribution in [0.3, 0.4) is 0 Å². The molecule has 1 aromatic rings. The van der Waals surface area contributed by atoms with Gasteiger partial charge < -0.3 is 15.5 Å². The summed E-state index contributed by atoms with van der Waals surface area (Å²) in [6, 6.07) is 5.65. The van der Waals surface area contributed by atoms with Gasteiger partial charge in [-0.2, -0.15) is 0 Å². The molecule has 1 aliphatic rings. The van der Waals surface area contributed by atoms with Crippen LogP contribution in [-0.2, 0) is 0 Å². The van der Waals surface area contributed by atoms with Crippen molar-refractivity contribution in [3.8, 4) is 0 Å². The predicted molar refractivity (Wildman–Crippen MR) is 84.1 cm³/mol. The maximum Gasteiger partial charge on any atom is 0.253 e. The zero-order valence-corrected chi connectivity index (χ0v) is 12.7. The number of benzene rings is 1. The van der Waals surface area contributed by atoms with Gasteiger partial charge in [-0.1, -0.05) is 6.42 Å². The highest BCUT2D eigenvalue weighted by atomic mass is 16.2. The lowest BCUT2D eigenvalue weighted by Gasteiger charge is -2.33. The summed E-state index contributed by atoms with van der Waals surface area (Å²) in [5.74, 6) is 0.794. The third-order valence-electron chi connectivity index (χ3n) is 4.11. The molecule has 0 atom stereocenters. The number of nitrogen functional groups attached to an aromatic ring is 1. The standard InChI is InChI=1S/C16H25N3O/c1-4-19(11-12-6-5-7-12)15-9-8-13(10-14(15)17)16(20)18(2)3/h8-10,12H,4-7,11,17H2,1-3H3. The van der Waals surface area contributed by atoms with Crippen LogP contribution in [-0.4, -0.2) is 38.0 Å². The number of hydrogen-bond acceptors (Lipinski definition) is 3. The Morgan fingerprint density at radius 2 is 2.05 bits per heavy atom. The van der Waals surface area contributed by atoms with Gasteiger partial charge >= 0.3 is 0 Å². The van der Waals surface area contributed by atoms with E-state index in [0.29, 0.717) is 11.3 Å². The first-order valence-electron chi connectivity index (χ1n) is 7.39. The third kappa shape index (κ3) is 3.06. The quantitative estimate of drug-likeness (QED) is 0.840. The molecular formula is C16H25N3O. The monoisotopic (exact) mass is 275 g/mol. The first-order valence-corrected chi connectivity index (χ1v) is 7.39. The largest absolute Gasteiger partial charge is 0.397 e. The molecule has 1 aliphatic carbocycles. The van der Waals surface area contributed by atoms with Gasteiger partial charge in [-0.05, 0) is 43.9 Å². The first kappa shape index (κ1) is 14.7. The van der Waals surface area contributed by atoms with Crippen LogP contribution in [0.4, 0.5) is 11.4 Å². The summed E-state index contributed by atoms with van der Waals surface area (Å²) in [5.41, 5.74) is 8.55. The van der Waals surface area contributed by atoms with Crippen molar-refractivity contribution >= 4 is 17.3 Å². The van der Waals surface area contributed by atoms with Crippen LogP contribution >= 0.6 is 0 Å². The van der Waals surface area contributed by atoms with Crippen LogP contribution in [0.15, 0.2) is 18.2 Å². The number of anilines is 2. The van der Waals surface area contributed by atoms with E-state index in [1.807, 2.05) is 12.1 Å². The molecule has 0 bridgehead atoms. The highest BCUT2D eigenvalue weighted by Gasteiger charge is 2.21. The van der Waals surface area contributed by atoms with E-state index in [9.17, 15) is 4.79 Å². The highest BCUT2D eigenvalue weighted by molar-refractivity contribution is 5.95. The average molecular weight is 275 g/mol. The Morgan fingerprint density at radius 3 is 2.50 bits per heavy atom. The number of carbonyl (C=O) groups is 1. The minimum atomic E-state index is -0.00899. The summed E-state index contributed by atoms with van der Waals surface area (Å²) < 4.78 is 0. The first-order chi connectivity index (χ1) is 9.52. The SMILES string of the molecule is CCN(CC1CCC1)c1ccc(C(=O)N(C)C)cc1N. The van der Waals surface area contributed by atoms with E-state index in [4.69, 9.17) is 5.73 Å². The molecule has 110 valence electrons. The smallest absolute Gasteiger partial charge is 0.253 e. The molecule has 1 fully saturated rings. The molecule has 0 heterocycles. The second-order valence-electron chi connectivity index (χ2n) is 5.81. The third-order valence-corrected chi connectivity index (χ3v) is 4.11. The Balaban J connectivity index is 2.16. The Morgan fingerprint density at radius 1 is 1.35 bits per heavy atom. The maximum atomic E-state index is 11.9. The van der Waals surface area contributed by atoms with Crippen molar-refractivity contribution in [2.75, 3.05) is 37.8 Å². The van der Waals surface area contributed by atoms with E-state index in [0.717, 1.165) is 24.7 Å². The van der Waals surface area contributed by atoms with Crippen LogP contribution < -0.4 is 10.6 Å². The molecule has 4 heteroatoms. The molecular weight excluding hydrogens is 250 g/mol. The van der Waals surface area contributed by atoms with Crippen LogP contribution in [0.1, 0.15) is 36.5 Å². The molecule has 0 spiro atoms. The van der Waals surface area contributed by atoms with E-state index < -0.39 is 0 Å². The minimum absolute atomic E-state index is 0.00899. The normalized spacial score (nSPS) is 14.8. The lowest BCUT2D eigenvalue weighted by atomic mass is 9.85. The number of rotatable bonds is 5. The van der Waals surface area contributed by atoms with Crippen molar-refractivity contribution in [3.63, 3.8) is 0 Å². The van der Waals surface area contributed by atoms with E-state index in [1.165, 1.54) is 19.3 Å². The predicted octanol–water partition coefficient (Wildman–Crippen LogP) is 2.60. The zero-order valence-electron chi connectivity index (χ0n) is 12.7. The molecule has 1 aromatic carbocycles.